The van der Waals surface area contributed by atoms with E-state index in [1.54, 1.807) is 12.1 Å². The van der Waals surface area contributed by atoms with E-state index in [-0.39, 0.29) is 18.0 Å². The van der Waals surface area contributed by atoms with Crippen molar-refractivity contribution in [1.82, 2.24) is 4.98 Å². The van der Waals surface area contributed by atoms with Gasteiger partial charge in [0.25, 0.3) is 5.69 Å². The second kappa shape index (κ2) is 5.75. The van der Waals surface area contributed by atoms with Gasteiger partial charge in [0.1, 0.15) is 17.8 Å². The van der Waals surface area contributed by atoms with E-state index in [9.17, 15) is 14.5 Å². The lowest BCUT2D eigenvalue weighted by atomic mass is 10.2. The van der Waals surface area contributed by atoms with Crippen LogP contribution in [0, 0.1) is 15.9 Å². The summed E-state index contributed by atoms with van der Waals surface area (Å²) < 4.78 is 14.3. The monoisotopic (exact) mass is 325 g/mol. The number of nitrogens with one attached hydrogen (secondary N) is 1. The zero-order valence-corrected chi connectivity index (χ0v) is 11.2. The van der Waals surface area contributed by atoms with Gasteiger partial charge in [0.2, 0.25) is 0 Å². The fourth-order valence-electron chi connectivity index (χ4n) is 1.46. The van der Waals surface area contributed by atoms with Crippen LogP contribution in [-0.4, -0.2) is 9.91 Å². The predicted molar refractivity (Wildman–Crippen MR) is 72.3 cm³/mol. The number of rotatable bonds is 4. The highest BCUT2D eigenvalue weighted by molar-refractivity contribution is 9.10. The third kappa shape index (κ3) is 3.47. The van der Waals surface area contributed by atoms with Gasteiger partial charge in [-0.1, -0.05) is 15.9 Å². The van der Waals surface area contributed by atoms with Crippen LogP contribution in [-0.2, 0) is 6.54 Å². The first-order chi connectivity index (χ1) is 9.06. The molecular formula is C12H9BrFN3O2. The maximum atomic E-state index is 13.5. The minimum atomic E-state index is -0.523. The van der Waals surface area contributed by atoms with Crippen LogP contribution in [0.3, 0.4) is 0 Å². The van der Waals surface area contributed by atoms with Crippen molar-refractivity contribution in [3.8, 4) is 0 Å². The maximum absolute atomic E-state index is 13.5. The summed E-state index contributed by atoms with van der Waals surface area (Å²) in [6.07, 6.45) is 1.15. The largest absolute Gasteiger partial charge is 0.366 e. The molecule has 1 aromatic carbocycles. The van der Waals surface area contributed by atoms with Crippen molar-refractivity contribution in [2.24, 2.45) is 0 Å². The molecule has 2 aromatic rings. The fraction of sp³-hybridized carbons (Fsp3) is 0.0833. The molecule has 0 radical (unpaired) electrons. The van der Waals surface area contributed by atoms with Gasteiger partial charge in [-0.05, 0) is 24.3 Å². The molecular weight excluding hydrogens is 317 g/mol. The fourth-order valence-corrected chi connectivity index (χ4v) is 1.87. The highest BCUT2D eigenvalue weighted by Gasteiger charge is 2.06. The van der Waals surface area contributed by atoms with Gasteiger partial charge >= 0.3 is 0 Å². The Hall–Kier alpha value is -2.02. The van der Waals surface area contributed by atoms with Crippen molar-refractivity contribution in [2.75, 3.05) is 5.32 Å². The van der Waals surface area contributed by atoms with Crippen molar-refractivity contribution in [2.45, 2.75) is 6.54 Å². The lowest BCUT2D eigenvalue weighted by Gasteiger charge is -2.06. The van der Waals surface area contributed by atoms with Crippen LogP contribution < -0.4 is 5.32 Å². The van der Waals surface area contributed by atoms with E-state index in [1.807, 2.05) is 0 Å². The lowest BCUT2D eigenvalue weighted by molar-refractivity contribution is -0.385. The molecule has 1 aromatic heterocycles. The maximum Gasteiger partial charge on any atom is 0.287 e. The van der Waals surface area contributed by atoms with Gasteiger partial charge in [0, 0.05) is 22.6 Å². The van der Waals surface area contributed by atoms with Crippen molar-refractivity contribution in [1.29, 1.82) is 0 Å². The second-order valence-electron chi connectivity index (χ2n) is 3.75. The Labute approximate surface area is 116 Å². The number of halogens is 2. The van der Waals surface area contributed by atoms with Crippen molar-refractivity contribution >= 4 is 27.4 Å². The van der Waals surface area contributed by atoms with Gasteiger partial charge in [-0.3, -0.25) is 10.1 Å². The number of benzene rings is 1. The Morgan fingerprint density at radius 1 is 1.37 bits per heavy atom. The van der Waals surface area contributed by atoms with E-state index >= 15 is 0 Å². The molecule has 0 unspecified atom stereocenters. The zero-order valence-electron chi connectivity index (χ0n) is 9.64. The summed E-state index contributed by atoms with van der Waals surface area (Å²) in [4.78, 5) is 13.8. The molecule has 0 fully saturated rings. The van der Waals surface area contributed by atoms with Gasteiger partial charge < -0.3 is 5.32 Å². The molecule has 0 saturated carbocycles. The molecule has 0 aliphatic rings. The van der Waals surface area contributed by atoms with E-state index in [0.717, 1.165) is 10.7 Å². The first kappa shape index (κ1) is 13.4. The van der Waals surface area contributed by atoms with E-state index in [0.29, 0.717) is 11.4 Å². The number of hydrogen-bond donors (Lipinski definition) is 1. The second-order valence-corrected chi connectivity index (χ2v) is 4.66. The molecule has 19 heavy (non-hydrogen) atoms. The third-order valence-electron chi connectivity index (χ3n) is 2.43. The van der Waals surface area contributed by atoms with Gasteiger partial charge in [0.05, 0.1) is 4.92 Å². The van der Waals surface area contributed by atoms with Crippen LogP contribution >= 0.6 is 15.9 Å². The molecule has 0 amide bonds. The topological polar surface area (TPSA) is 68.1 Å². The summed E-state index contributed by atoms with van der Waals surface area (Å²) in [7, 11) is 0. The Morgan fingerprint density at radius 2 is 2.16 bits per heavy atom. The smallest absolute Gasteiger partial charge is 0.287 e. The summed E-state index contributed by atoms with van der Waals surface area (Å²) in [6.45, 7) is 0.246. The average molecular weight is 326 g/mol. The molecule has 7 heteroatoms. The van der Waals surface area contributed by atoms with Gasteiger partial charge in [0.15, 0.2) is 0 Å². The van der Waals surface area contributed by atoms with Crippen LogP contribution in [0.4, 0.5) is 15.9 Å². The van der Waals surface area contributed by atoms with Gasteiger partial charge in [-0.25, -0.2) is 9.37 Å². The standard InChI is InChI=1S/C12H9BrFN3O2/c13-9-1-3-11(14)8(5-9)6-15-12-4-2-10(7-16-12)17(18)19/h1-5,7H,6H2,(H,15,16). The molecule has 0 aliphatic heterocycles. The number of aromatic nitrogens is 1. The Morgan fingerprint density at radius 3 is 2.79 bits per heavy atom. The number of pyridine rings is 1. The zero-order chi connectivity index (χ0) is 13.8. The van der Waals surface area contributed by atoms with Crippen LogP contribution in [0.25, 0.3) is 0 Å². The quantitative estimate of drug-likeness (QED) is 0.690. The number of nitrogens with zero attached hydrogens (tertiary/aromatic N) is 2. The Bertz CT molecular complexity index is 604. The molecule has 0 bridgehead atoms. The molecule has 0 atom stereocenters. The minimum Gasteiger partial charge on any atom is -0.366 e. The number of nitro groups is 1. The molecule has 1 heterocycles. The SMILES string of the molecule is O=[N+]([O-])c1ccc(NCc2cc(Br)ccc2F)nc1. The highest BCUT2D eigenvalue weighted by Crippen LogP contribution is 2.17. The van der Waals surface area contributed by atoms with Crippen molar-refractivity contribution in [3.63, 3.8) is 0 Å². The van der Waals surface area contributed by atoms with E-state index in [4.69, 9.17) is 0 Å². The van der Waals surface area contributed by atoms with Gasteiger partial charge in [-0.15, -0.1) is 0 Å². The Balaban J connectivity index is 2.06. The number of hydrogen-bond acceptors (Lipinski definition) is 4. The van der Waals surface area contributed by atoms with E-state index in [2.05, 4.69) is 26.2 Å². The summed E-state index contributed by atoms with van der Waals surface area (Å²) in [5, 5.41) is 13.4. The highest BCUT2D eigenvalue weighted by atomic mass is 79.9. The summed E-state index contributed by atoms with van der Waals surface area (Å²) in [5.74, 6) is 0.127. The molecule has 0 saturated heterocycles. The van der Waals surface area contributed by atoms with Crippen molar-refractivity contribution in [3.05, 3.63) is 62.5 Å². The van der Waals surface area contributed by atoms with Crippen LogP contribution in [0.2, 0.25) is 0 Å². The van der Waals surface area contributed by atoms with Crippen LogP contribution in [0.1, 0.15) is 5.56 Å². The van der Waals surface area contributed by atoms with Crippen LogP contribution in [0.5, 0.6) is 0 Å². The predicted octanol–water partition coefficient (Wildman–Crippen LogP) is 3.50. The Kier molecular flexibility index (Phi) is 4.06. The molecule has 0 aliphatic carbocycles. The van der Waals surface area contributed by atoms with Crippen molar-refractivity contribution < 1.29 is 9.31 Å². The molecule has 1 N–H and O–H groups in total. The minimum absolute atomic E-state index is 0.0841. The first-order valence-electron chi connectivity index (χ1n) is 5.34. The molecule has 0 spiro atoms. The molecule has 5 nitrogen and oxygen atoms in total. The summed E-state index contributed by atoms with van der Waals surface area (Å²) >= 11 is 3.26. The lowest BCUT2D eigenvalue weighted by Crippen LogP contribution is -2.03. The molecule has 98 valence electrons. The van der Waals surface area contributed by atoms with Gasteiger partial charge in [-0.2, -0.15) is 0 Å². The third-order valence-corrected chi connectivity index (χ3v) is 2.92. The normalized spacial score (nSPS) is 10.2. The first-order valence-corrected chi connectivity index (χ1v) is 6.14. The molecule has 2 rings (SSSR count). The van der Waals surface area contributed by atoms with E-state index in [1.165, 1.54) is 18.2 Å². The summed E-state index contributed by atoms with van der Waals surface area (Å²) in [6, 6.07) is 7.46. The summed E-state index contributed by atoms with van der Waals surface area (Å²) in [5.41, 5.74) is 0.397. The number of anilines is 1. The van der Waals surface area contributed by atoms with E-state index < -0.39 is 4.92 Å². The van der Waals surface area contributed by atoms with Crippen LogP contribution in [0.15, 0.2) is 41.0 Å². The average Bonchev–Trinajstić information content (AvgIpc) is 2.40.